The molecule has 0 fully saturated rings. The molecule has 0 bridgehead atoms. The van der Waals surface area contributed by atoms with Gasteiger partial charge in [-0.25, -0.2) is 4.79 Å². The number of hydrogen-bond donors (Lipinski definition) is 2. The fraction of sp³-hybridized carbons (Fsp3) is 0.800. The first-order chi connectivity index (χ1) is 20.0. The van der Waals surface area contributed by atoms with Crippen LogP contribution >= 0.6 is 0 Å². The number of ether oxygens (including phenoxy) is 1. The van der Waals surface area contributed by atoms with Crippen LogP contribution in [0.25, 0.3) is 0 Å². The molecular formula is C35H62O6. The molecule has 0 unspecified atom stereocenters. The summed E-state index contributed by atoms with van der Waals surface area (Å²) >= 11 is 0. The largest absolute Gasteiger partial charge is 0.503 e. The van der Waals surface area contributed by atoms with Gasteiger partial charge >= 0.3 is 5.97 Å². The van der Waals surface area contributed by atoms with Crippen LogP contribution in [0.5, 0.6) is 17.2 Å². The summed E-state index contributed by atoms with van der Waals surface area (Å²) in [5.41, 5.74) is 1.45. The highest BCUT2D eigenvalue weighted by atomic mass is 17.2. The molecule has 41 heavy (non-hydrogen) atoms. The average molecular weight is 579 g/mol. The van der Waals surface area contributed by atoms with Crippen LogP contribution in [0.15, 0.2) is 0 Å². The lowest BCUT2D eigenvalue weighted by Gasteiger charge is -2.22. The van der Waals surface area contributed by atoms with Crippen molar-refractivity contribution in [3.8, 4) is 17.2 Å². The fourth-order valence-electron chi connectivity index (χ4n) is 5.30. The molecule has 6 heteroatoms. The monoisotopic (exact) mass is 578 g/mol. The molecule has 0 aliphatic carbocycles. The molecule has 0 aliphatic heterocycles. The first-order valence-corrected chi connectivity index (χ1v) is 17.1. The minimum Gasteiger partial charge on any atom is -0.503 e. The normalized spacial score (nSPS) is 11.2. The van der Waals surface area contributed by atoms with Crippen LogP contribution in [0.2, 0.25) is 0 Å². The molecule has 0 amide bonds. The number of carboxylic acids is 1. The molecule has 1 aromatic carbocycles. The van der Waals surface area contributed by atoms with E-state index in [1.54, 1.807) is 0 Å². The lowest BCUT2D eigenvalue weighted by atomic mass is 9.91. The second kappa shape index (κ2) is 24.6. The maximum atomic E-state index is 12.4. The van der Waals surface area contributed by atoms with Crippen LogP contribution < -0.4 is 9.62 Å². The van der Waals surface area contributed by atoms with E-state index in [9.17, 15) is 15.0 Å². The Morgan fingerprint density at radius 3 is 1.49 bits per heavy atom. The molecule has 0 spiro atoms. The van der Waals surface area contributed by atoms with Crippen molar-refractivity contribution in [3.63, 3.8) is 0 Å². The van der Waals surface area contributed by atoms with Crippen molar-refractivity contribution in [3.05, 3.63) is 16.7 Å². The molecule has 0 aliphatic rings. The Labute approximate surface area is 251 Å². The second-order valence-electron chi connectivity index (χ2n) is 11.6. The number of unbranched alkanes of at least 4 members (excludes halogenated alkanes) is 16. The van der Waals surface area contributed by atoms with Gasteiger partial charge in [0.25, 0.3) is 0 Å². The number of benzene rings is 1. The quantitative estimate of drug-likeness (QED) is 0.0584. The fourth-order valence-corrected chi connectivity index (χ4v) is 5.30. The highest BCUT2D eigenvalue weighted by molar-refractivity contribution is 5.95. The Kier molecular flexibility index (Phi) is 22.3. The molecule has 238 valence electrons. The lowest BCUT2D eigenvalue weighted by molar-refractivity contribution is -0.209. The van der Waals surface area contributed by atoms with E-state index in [0.29, 0.717) is 37.4 Å². The Morgan fingerprint density at radius 1 is 0.561 bits per heavy atom. The molecule has 0 saturated heterocycles. The van der Waals surface area contributed by atoms with E-state index in [1.807, 2.05) is 0 Å². The van der Waals surface area contributed by atoms with Gasteiger partial charge in [-0.2, -0.15) is 4.89 Å². The van der Waals surface area contributed by atoms with E-state index >= 15 is 0 Å². The van der Waals surface area contributed by atoms with Gasteiger partial charge in [0.05, 0.1) is 13.2 Å². The third-order valence-corrected chi connectivity index (χ3v) is 7.84. The minimum atomic E-state index is -1.14. The highest BCUT2D eigenvalue weighted by Gasteiger charge is 2.30. The average Bonchev–Trinajstić information content (AvgIpc) is 2.96. The van der Waals surface area contributed by atoms with E-state index in [-0.39, 0.29) is 17.1 Å². The number of carbonyl (C=O) groups is 1. The molecule has 0 atom stereocenters. The highest BCUT2D eigenvalue weighted by Crippen LogP contribution is 2.46. The smallest absolute Gasteiger partial charge is 0.339 e. The summed E-state index contributed by atoms with van der Waals surface area (Å²) in [5.74, 6) is -1.04. The molecule has 1 rings (SSSR count). The van der Waals surface area contributed by atoms with E-state index in [1.165, 1.54) is 77.0 Å². The van der Waals surface area contributed by atoms with E-state index in [4.69, 9.17) is 14.5 Å². The number of hydrogen-bond acceptors (Lipinski definition) is 5. The van der Waals surface area contributed by atoms with Crippen molar-refractivity contribution in [2.75, 3.05) is 13.2 Å². The maximum Gasteiger partial charge on any atom is 0.339 e. The van der Waals surface area contributed by atoms with Gasteiger partial charge in [0.1, 0.15) is 5.56 Å². The standard InChI is InChI=1S/C35H62O6/c1-5-9-13-15-17-19-21-23-27-39-33-30(26-12-8-4)29(25-11-7-3)31(35(37)38)32(36)34(33)41-40-28-24-22-20-18-16-14-10-6-2/h36H,5-28H2,1-4H3,(H,37,38). The van der Waals surface area contributed by atoms with Crippen molar-refractivity contribution in [2.45, 2.75) is 169 Å². The van der Waals surface area contributed by atoms with Gasteiger partial charge in [-0.1, -0.05) is 130 Å². The third kappa shape index (κ3) is 15.2. The van der Waals surface area contributed by atoms with Crippen molar-refractivity contribution in [2.24, 2.45) is 0 Å². The molecule has 6 nitrogen and oxygen atoms in total. The summed E-state index contributed by atoms with van der Waals surface area (Å²) < 4.78 is 6.33. The van der Waals surface area contributed by atoms with Crippen LogP contribution in [0.4, 0.5) is 0 Å². The summed E-state index contributed by atoms with van der Waals surface area (Å²) in [6, 6.07) is 0. The van der Waals surface area contributed by atoms with Crippen LogP contribution in [-0.2, 0) is 17.7 Å². The Balaban J connectivity index is 3.00. The zero-order valence-corrected chi connectivity index (χ0v) is 27.0. The second-order valence-corrected chi connectivity index (χ2v) is 11.6. The number of rotatable bonds is 28. The topological polar surface area (TPSA) is 85.2 Å². The number of aromatic hydroxyl groups is 1. The molecular weight excluding hydrogens is 516 g/mol. The van der Waals surface area contributed by atoms with Gasteiger partial charge in [-0.15, -0.1) is 0 Å². The molecule has 0 heterocycles. The summed E-state index contributed by atoms with van der Waals surface area (Å²) in [6.07, 6.45) is 24.0. The zero-order valence-electron chi connectivity index (χ0n) is 27.0. The first kappa shape index (κ1) is 37.1. The van der Waals surface area contributed by atoms with Gasteiger partial charge in [0.2, 0.25) is 5.75 Å². The summed E-state index contributed by atoms with van der Waals surface area (Å²) in [4.78, 5) is 23.6. The Morgan fingerprint density at radius 2 is 1.00 bits per heavy atom. The number of aromatic carboxylic acids is 1. The van der Waals surface area contributed by atoms with E-state index in [0.717, 1.165) is 56.9 Å². The molecule has 2 N–H and O–H groups in total. The van der Waals surface area contributed by atoms with Gasteiger partial charge < -0.3 is 19.8 Å². The van der Waals surface area contributed by atoms with Crippen molar-refractivity contribution < 1.29 is 29.5 Å². The first-order valence-electron chi connectivity index (χ1n) is 17.1. The van der Waals surface area contributed by atoms with Gasteiger partial charge in [0, 0.05) is 5.56 Å². The van der Waals surface area contributed by atoms with Crippen molar-refractivity contribution in [1.29, 1.82) is 0 Å². The summed E-state index contributed by atoms with van der Waals surface area (Å²) in [7, 11) is 0. The molecule has 0 saturated carbocycles. The van der Waals surface area contributed by atoms with Crippen LogP contribution in [-0.4, -0.2) is 29.4 Å². The molecule has 1 aromatic rings. The van der Waals surface area contributed by atoms with Crippen LogP contribution in [0.1, 0.15) is 178 Å². The third-order valence-electron chi connectivity index (χ3n) is 7.84. The van der Waals surface area contributed by atoms with Gasteiger partial charge in [-0.05, 0) is 44.1 Å². The predicted molar refractivity (Wildman–Crippen MR) is 170 cm³/mol. The number of carboxylic acid groups (broad SMARTS) is 1. The van der Waals surface area contributed by atoms with E-state index in [2.05, 4.69) is 27.7 Å². The summed E-state index contributed by atoms with van der Waals surface area (Å²) in [6.45, 7) is 9.56. The SMILES string of the molecule is CCCCCCCCCCOOc1c(O)c(C(=O)O)c(CCCC)c(CCCC)c1OCCCCCCCCCC. The number of phenols is 1. The van der Waals surface area contributed by atoms with Gasteiger partial charge in [-0.3, -0.25) is 0 Å². The minimum absolute atomic E-state index is 0.0212. The maximum absolute atomic E-state index is 12.4. The van der Waals surface area contributed by atoms with Gasteiger partial charge in [0.15, 0.2) is 11.5 Å². The predicted octanol–water partition coefficient (Wildman–Crippen LogP) is 10.7. The molecule has 0 radical (unpaired) electrons. The lowest BCUT2D eigenvalue weighted by Crippen LogP contribution is -2.13. The van der Waals surface area contributed by atoms with E-state index < -0.39 is 5.97 Å². The van der Waals surface area contributed by atoms with Crippen molar-refractivity contribution in [1.82, 2.24) is 0 Å². The van der Waals surface area contributed by atoms with Crippen LogP contribution in [0.3, 0.4) is 0 Å². The summed E-state index contributed by atoms with van der Waals surface area (Å²) in [5, 5.41) is 21.3. The van der Waals surface area contributed by atoms with Crippen molar-refractivity contribution >= 4 is 5.97 Å². The molecule has 0 aromatic heterocycles. The Hall–Kier alpha value is -1.95. The van der Waals surface area contributed by atoms with Crippen LogP contribution in [0, 0.1) is 0 Å². The zero-order chi connectivity index (χ0) is 30.1. The Bertz CT molecular complexity index is 807.